The van der Waals surface area contributed by atoms with Crippen molar-refractivity contribution in [2.75, 3.05) is 13.7 Å². The van der Waals surface area contributed by atoms with E-state index in [1.54, 1.807) is 6.92 Å². The molecule has 0 bridgehead atoms. The predicted octanol–water partition coefficient (Wildman–Crippen LogP) is 3.23. The van der Waals surface area contributed by atoms with E-state index in [-0.39, 0.29) is 39.9 Å². The summed E-state index contributed by atoms with van der Waals surface area (Å²) >= 11 is 5.92. The van der Waals surface area contributed by atoms with Crippen molar-refractivity contribution in [1.82, 2.24) is 4.72 Å². The highest BCUT2D eigenvalue weighted by Gasteiger charge is 2.28. The van der Waals surface area contributed by atoms with Gasteiger partial charge in [-0.15, -0.1) is 0 Å². The van der Waals surface area contributed by atoms with Crippen LogP contribution in [0.5, 0.6) is 5.75 Å². The van der Waals surface area contributed by atoms with Crippen molar-refractivity contribution in [2.45, 2.75) is 24.3 Å². The molecule has 0 aliphatic rings. The Labute approximate surface area is 172 Å². The number of nitrogens with zero attached hydrogens (tertiary/aromatic N) is 1. The van der Waals surface area contributed by atoms with Crippen LogP contribution in [0.4, 0.5) is 5.69 Å². The maximum absolute atomic E-state index is 13.0. The van der Waals surface area contributed by atoms with Crippen LogP contribution in [0, 0.1) is 10.1 Å². The molecule has 0 heterocycles. The van der Waals surface area contributed by atoms with Gasteiger partial charge >= 0.3 is 5.97 Å². The molecular formula is C18H19ClN2O7S. The van der Waals surface area contributed by atoms with E-state index in [4.69, 9.17) is 21.1 Å². The third-order valence-corrected chi connectivity index (χ3v) is 5.60. The van der Waals surface area contributed by atoms with Crippen LogP contribution in [0.15, 0.2) is 47.4 Å². The minimum Gasteiger partial charge on any atom is -0.495 e. The van der Waals surface area contributed by atoms with E-state index < -0.39 is 27.0 Å². The van der Waals surface area contributed by atoms with Gasteiger partial charge in [0.2, 0.25) is 10.0 Å². The normalized spacial score (nSPS) is 12.2. The van der Waals surface area contributed by atoms with E-state index in [1.165, 1.54) is 49.6 Å². The van der Waals surface area contributed by atoms with Crippen LogP contribution in [-0.4, -0.2) is 33.0 Å². The Bertz CT molecular complexity index is 1010. The maximum Gasteiger partial charge on any atom is 0.307 e. The largest absolute Gasteiger partial charge is 0.495 e. The molecule has 2 rings (SSSR count). The second-order valence-corrected chi connectivity index (χ2v) is 7.95. The lowest BCUT2D eigenvalue weighted by atomic mass is 10.0. The monoisotopic (exact) mass is 442 g/mol. The van der Waals surface area contributed by atoms with Crippen LogP contribution >= 0.6 is 11.6 Å². The zero-order valence-electron chi connectivity index (χ0n) is 15.6. The zero-order chi connectivity index (χ0) is 21.6. The number of sulfonamides is 1. The number of halogens is 1. The van der Waals surface area contributed by atoms with E-state index in [0.717, 1.165) is 0 Å². The van der Waals surface area contributed by atoms with Gasteiger partial charge in [-0.05, 0) is 30.7 Å². The van der Waals surface area contributed by atoms with E-state index in [9.17, 15) is 23.3 Å². The molecule has 1 unspecified atom stereocenters. The second kappa shape index (κ2) is 9.68. The molecule has 0 saturated carbocycles. The number of carbonyl (C=O) groups excluding carboxylic acids is 1. The molecule has 29 heavy (non-hydrogen) atoms. The molecule has 0 radical (unpaired) electrons. The van der Waals surface area contributed by atoms with Crippen molar-refractivity contribution in [3.63, 3.8) is 0 Å². The molecule has 9 nitrogen and oxygen atoms in total. The molecule has 2 aromatic carbocycles. The third-order valence-electron chi connectivity index (χ3n) is 3.87. The van der Waals surface area contributed by atoms with E-state index in [1.807, 2.05) is 0 Å². The Morgan fingerprint density at radius 2 is 2.00 bits per heavy atom. The number of benzene rings is 2. The van der Waals surface area contributed by atoms with Crippen LogP contribution in [0.25, 0.3) is 0 Å². The number of hydrogen-bond acceptors (Lipinski definition) is 7. The first kappa shape index (κ1) is 22.6. The van der Waals surface area contributed by atoms with E-state index in [2.05, 4.69) is 4.72 Å². The topological polar surface area (TPSA) is 125 Å². The summed E-state index contributed by atoms with van der Waals surface area (Å²) in [6, 6.07) is 8.30. The summed E-state index contributed by atoms with van der Waals surface area (Å²) in [6.07, 6.45) is -0.364. The van der Waals surface area contributed by atoms with Crippen LogP contribution in [0.3, 0.4) is 0 Å². The number of ether oxygens (including phenoxy) is 2. The van der Waals surface area contributed by atoms with Crippen molar-refractivity contribution in [3.8, 4) is 5.75 Å². The molecule has 0 fully saturated rings. The minimum absolute atomic E-state index is 0.0517. The quantitative estimate of drug-likeness (QED) is 0.359. The summed E-state index contributed by atoms with van der Waals surface area (Å²) in [5.41, 5.74) is -0.00674. The van der Waals surface area contributed by atoms with Gasteiger partial charge in [0, 0.05) is 17.2 Å². The molecule has 0 aromatic heterocycles. The van der Waals surface area contributed by atoms with E-state index >= 15 is 0 Å². The molecule has 0 aliphatic heterocycles. The Kier molecular flexibility index (Phi) is 7.54. The van der Waals surface area contributed by atoms with Crippen LogP contribution in [0.2, 0.25) is 5.02 Å². The summed E-state index contributed by atoms with van der Waals surface area (Å²) in [4.78, 5) is 22.2. The number of carbonyl (C=O) groups is 1. The average molecular weight is 443 g/mol. The maximum atomic E-state index is 13.0. The molecule has 0 saturated heterocycles. The van der Waals surface area contributed by atoms with Gasteiger partial charge in [0.1, 0.15) is 10.6 Å². The first-order chi connectivity index (χ1) is 13.7. The fraction of sp³-hybridized carbons (Fsp3) is 0.278. The number of methoxy groups -OCH3 is 1. The number of nitrogens with one attached hydrogen (secondary N) is 1. The van der Waals surface area contributed by atoms with Crippen molar-refractivity contribution in [1.29, 1.82) is 0 Å². The fourth-order valence-electron chi connectivity index (χ4n) is 2.58. The SMILES string of the molecule is CCOC(=O)CC(NS(=O)(=O)c1cc(Cl)ccc1OC)c1cccc([N+](=O)[O-])c1. The second-order valence-electron chi connectivity index (χ2n) is 5.83. The average Bonchev–Trinajstić information content (AvgIpc) is 2.67. The molecule has 0 amide bonds. The van der Waals surface area contributed by atoms with Gasteiger partial charge in [0.05, 0.1) is 31.1 Å². The standard InChI is InChI=1S/C18H19ClN2O7S/c1-3-28-18(22)11-15(12-5-4-6-14(9-12)21(23)24)20-29(25,26)17-10-13(19)7-8-16(17)27-2/h4-10,15,20H,3,11H2,1-2H3. The smallest absolute Gasteiger partial charge is 0.307 e. The Morgan fingerprint density at radius 3 is 2.62 bits per heavy atom. The van der Waals surface area contributed by atoms with Gasteiger partial charge in [0.15, 0.2) is 0 Å². The Hall–Kier alpha value is -2.69. The number of rotatable bonds is 9. The number of nitro groups is 1. The highest BCUT2D eigenvalue weighted by molar-refractivity contribution is 7.89. The molecule has 2 aromatic rings. The number of non-ortho nitro benzene ring substituents is 1. The van der Waals surface area contributed by atoms with Crippen LogP contribution < -0.4 is 9.46 Å². The molecule has 156 valence electrons. The molecule has 0 spiro atoms. The molecule has 1 N–H and O–H groups in total. The minimum atomic E-state index is -4.20. The number of nitro benzene ring substituents is 1. The molecular weight excluding hydrogens is 424 g/mol. The first-order valence-corrected chi connectivity index (χ1v) is 10.3. The zero-order valence-corrected chi connectivity index (χ0v) is 17.2. The lowest BCUT2D eigenvalue weighted by molar-refractivity contribution is -0.384. The molecule has 1 atom stereocenters. The fourth-order valence-corrected chi connectivity index (χ4v) is 4.24. The lowest BCUT2D eigenvalue weighted by Gasteiger charge is -2.19. The van der Waals surface area contributed by atoms with Gasteiger partial charge in [-0.1, -0.05) is 23.7 Å². The predicted molar refractivity (Wildman–Crippen MR) is 105 cm³/mol. The van der Waals surface area contributed by atoms with Crippen LogP contribution in [0.1, 0.15) is 24.9 Å². The highest BCUT2D eigenvalue weighted by Crippen LogP contribution is 2.30. The summed E-state index contributed by atoms with van der Waals surface area (Å²) in [6.45, 7) is 1.72. The van der Waals surface area contributed by atoms with Crippen molar-refractivity contribution in [2.24, 2.45) is 0 Å². The van der Waals surface area contributed by atoms with E-state index in [0.29, 0.717) is 0 Å². The third kappa shape index (κ3) is 5.89. The first-order valence-electron chi connectivity index (χ1n) is 8.43. The summed E-state index contributed by atoms with van der Waals surface area (Å²) < 4.78 is 38.3. The summed E-state index contributed by atoms with van der Waals surface area (Å²) in [5, 5.41) is 11.2. The van der Waals surface area contributed by atoms with Gasteiger partial charge < -0.3 is 9.47 Å². The van der Waals surface area contributed by atoms with Crippen LogP contribution in [-0.2, 0) is 19.6 Å². The number of esters is 1. The molecule has 0 aliphatic carbocycles. The lowest BCUT2D eigenvalue weighted by Crippen LogP contribution is -2.31. The van der Waals surface area contributed by atoms with Crippen molar-refractivity contribution < 1.29 is 27.6 Å². The van der Waals surface area contributed by atoms with Crippen molar-refractivity contribution >= 4 is 33.3 Å². The molecule has 11 heteroatoms. The summed E-state index contributed by atoms with van der Waals surface area (Å²) in [7, 11) is -2.90. The van der Waals surface area contributed by atoms with Gasteiger partial charge in [-0.25, -0.2) is 13.1 Å². The Morgan fingerprint density at radius 1 is 1.28 bits per heavy atom. The number of hydrogen-bond donors (Lipinski definition) is 1. The van der Waals surface area contributed by atoms with Crippen molar-refractivity contribution in [3.05, 3.63) is 63.2 Å². The van der Waals surface area contributed by atoms with Gasteiger partial charge in [0.25, 0.3) is 5.69 Å². The Balaban J connectivity index is 2.47. The van der Waals surface area contributed by atoms with Gasteiger partial charge in [-0.2, -0.15) is 0 Å². The summed E-state index contributed by atoms with van der Waals surface area (Å²) in [5.74, 6) is -0.611. The highest BCUT2D eigenvalue weighted by atomic mass is 35.5. The van der Waals surface area contributed by atoms with Gasteiger partial charge in [-0.3, -0.25) is 14.9 Å².